The summed E-state index contributed by atoms with van der Waals surface area (Å²) in [5, 5.41) is 0. The van der Waals surface area contributed by atoms with Gasteiger partial charge in [0.25, 0.3) is 10.0 Å². The van der Waals surface area contributed by atoms with Crippen molar-refractivity contribution >= 4 is 26.8 Å². The van der Waals surface area contributed by atoms with E-state index in [0.717, 1.165) is 22.2 Å². The Labute approximate surface area is 176 Å². The summed E-state index contributed by atoms with van der Waals surface area (Å²) in [6.45, 7) is 6.42. The maximum Gasteiger partial charge on any atom is 0.264 e. The van der Waals surface area contributed by atoms with E-state index in [-0.39, 0.29) is 5.41 Å². The topological polar surface area (TPSA) is 63.4 Å². The van der Waals surface area contributed by atoms with Gasteiger partial charge in [0.05, 0.1) is 10.6 Å². The molecule has 0 N–H and O–H groups in total. The van der Waals surface area contributed by atoms with E-state index in [1.807, 2.05) is 61.5 Å². The lowest BCUT2D eigenvalue weighted by atomic mass is 9.87. The fourth-order valence-electron chi connectivity index (χ4n) is 4.00. The number of hydrogen-bond acceptors (Lipinski definition) is 4. The Morgan fingerprint density at radius 2 is 1.70 bits per heavy atom. The highest BCUT2D eigenvalue weighted by Crippen LogP contribution is 2.45. The Morgan fingerprint density at radius 3 is 2.40 bits per heavy atom. The summed E-state index contributed by atoms with van der Waals surface area (Å²) in [6.07, 6.45) is 0. The molecule has 0 aliphatic carbocycles. The number of fused-ring (bicyclic) bond motifs is 2. The van der Waals surface area contributed by atoms with Crippen LogP contribution in [0, 0.1) is 6.92 Å². The second-order valence-corrected chi connectivity index (χ2v) is 10.3. The van der Waals surface area contributed by atoms with E-state index in [4.69, 9.17) is 4.42 Å². The molecule has 2 heterocycles. The smallest absolute Gasteiger partial charge is 0.264 e. The van der Waals surface area contributed by atoms with Gasteiger partial charge in [0, 0.05) is 23.6 Å². The van der Waals surface area contributed by atoms with Crippen molar-refractivity contribution in [3.05, 3.63) is 77.9 Å². The van der Waals surface area contributed by atoms with Gasteiger partial charge in [-0.25, -0.2) is 13.4 Å². The fraction of sp³-hybridized carbons (Fsp3) is 0.208. The van der Waals surface area contributed by atoms with Gasteiger partial charge in [0.2, 0.25) is 5.89 Å². The summed E-state index contributed by atoms with van der Waals surface area (Å²) >= 11 is 0. The van der Waals surface area contributed by atoms with Crippen LogP contribution in [-0.4, -0.2) is 19.9 Å². The normalized spacial score (nSPS) is 15.5. The molecule has 6 heteroatoms. The summed E-state index contributed by atoms with van der Waals surface area (Å²) in [4.78, 5) is 4.94. The highest BCUT2D eigenvalue weighted by atomic mass is 32.2. The molecule has 0 amide bonds. The Hall–Kier alpha value is -3.12. The van der Waals surface area contributed by atoms with E-state index < -0.39 is 10.0 Å². The molecule has 4 aromatic rings. The van der Waals surface area contributed by atoms with Crippen molar-refractivity contribution in [2.24, 2.45) is 0 Å². The Kier molecular flexibility index (Phi) is 4.05. The van der Waals surface area contributed by atoms with E-state index in [9.17, 15) is 8.42 Å². The molecule has 5 rings (SSSR count). The lowest BCUT2D eigenvalue weighted by Gasteiger charge is -2.22. The van der Waals surface area contributed by atoms with Crippen LogP contribution in [0.15, 0.2) is 76.0 Å². The molecule has 152 valence electrons. The van der Waals surface area contributed by atoms with Crippen LogP contribution in [0.5, 0.6) is 0 Å². The van der Waals surface area contributed by atoms with Gasteiger partial charge in [-0.3, -0.25) is 4.31 Å². The number of benzene rings is 3. The van der Waals surface area contributed by atoms with E-state index in [1.54, 1.807) is 12.1 Å². The number of aryl methyl sites for hydroxylation is 1. The second kappa shape index (κ2) is 6.44. The molecule has 0 fully saturated rings. The predicted octanol–water partition coefficient (Wildman–Crippen LogP) is 5.29. The van der Waals surface area contributed by atoms with Gasteiger partial charge in [-0.15, -0.1) is 0 Å². The number of sulfonamides is 1. The molecule has 0 saturated heterocycles. The third-order valence-corrected chi connectivity index (χ3v) is 7.45. The largest absolute Gasteiger partial charge is 0.436 e. The minimum Gasteiger partial charge on any atom is -0.436 e. The number of anilines is 1. The third-order valence-electron chi connectivity index (χ3n) is 5.67. The van der Waals surface area contributed by atoms with Gasteiger partial charge >= 0.3 is 0 Å². The minimum absolute atomic E-state index is 0.291. The molecule has 0 radical (unpaired) electrons. The molecule has 3 aromatic carbocycles. The van der Waals surface area contributed by atoms with Crippen LogP contribution in [0.1, 0.15) is 25.0 Å². The van der Waals surface area contributed by atoms with Gasteiger partial charge in [-0.05, 0) is 42.8 Å². The Balaban J connectivity index is 1.66. The molecular weight excluding hydrogens is 396 g/mol. The Morgan fingerprint density at radius 1 is 1.00 bits per heavy atom. The van der Waals surface area contributed by atoms with E-state index in [1.165, 1.54) is 4.31 Å². The quantitative estimate of drug-likeness (QED) is 0.453. The van der Waals surface area contributed by atoms with Crippen molar-refractivity contribution in [1.29, 1.82) is 0 Å². The van der Waals surface area contributed by atoms with Gasteiger partial charge in [0.1, 0.15) is 5.52 Å². The first-order valence-corrected chi connectivity index (χ1v) is 11.3. The molecule has 1 aliphatic rings. The van der Waals surface area contributed by atoms with Crippen molar-refractivity contribution in [2.75, 3.05) is 10.8 Å². The van der Waals surface area contributed by atoms with Crippen LogP contribution >= 0.6 is 0 Å². The van der Waals surface area contributed by atoms with Crippen LogP contribution in [0.3, 0.4) is 0 Å². The highest BCUT2D eigenvalue weighted by molar-refractivity contribution is 7.92. The van der Waals surface area contributed by atoms with Gasteiger partial charge < -0.3 is 4.42 Å². The molecule has 0 saturated carbocycles. The first-order valence-electron chi connectivity index (χ1n) is 9.86. The third kappa shape index (κ3) is 2.91. The van der Waals surface area contributed by atoms with E-state index >= 15 is 0 Å². The van der Waals surface area contributed by atoms with Crippen molar-refractivity contribution in [3.63, 3.8) is 0 Å². The van der Waals surface area contributed by atoms with Crippen molar-refractivity contribution in [3.8, 4) is 11.5 Å². The lowest BCUT2D eigenvalue weighted by Crippen LogP contribution is -2.33. The summed E-state index contributed by atoms with van der Waals surface area (Å²) in [6, 6.07) is 20.4. The first kappa shape index (κ1) is 18.9. The Bertz CT molecular complexity index is 1360. The second-order valence-electron chi connectivity index (χ2n) is 8.43. The summed E-state index contributed by atoms with van der Waals surface area (Å²) < 4.78 is 34.4. The maximum atomic E-state index is 13.4. The molecule has 0 spiro atoms. The van der Waals surface area contributed by atoms with Crippen molar-refractivity contribution in [2.45, 2.75) is 31.1 Å². The average Bonchev–Trinajstić information content (AvgIpc) is 3.26. The van der Waals surface area contributed by atoms with Crippen LogP contribution in [0.25, 0.3) is 22.6 Å². The first-order chi connectivity index (χ1) is 14.3. The van der Waals surface area contributed by atoms with Crippen molar-refractivity contribution in [1.82, 2.24) is 4.98 Å². The lowest BCUT2D eigenvalue weighted by molar-refractivity contribution is 0.555. The molecule has 0 unspecified atom stereocenters. The zero-order valence-electron chi connectivity index (χ0n) is 17.1. The van der Waals surface area contributed by atoms with Gasteiger partial charge in [-0.1, -0.05) is 49.7 Å². The molecule has 30 heavy (non-hydrogen) atoms. The zero-order chi connectivity index (χ0) is 21.1. The van der Waals surface area contributed by atoms with Crippen LogP contribution in [0.2, 0.25) is 0 Å². The molecule has 0 atom stereocenters. The summed E-state index contributed by atoms with van der Waals surface area (Å²) in [5.41, 5.74) is 4.49. The van der Waals surface area contributed by atoms with Crippen molar-refractivity contribution < 1.29 is 12.8 Å². The molecule has 1 aliphatic heterocycles. The number of oxazole rings is 1. The monoisotopic (exact) mass is 418 g/mol. The predicted molar refractivity (Wildman–Crippen MR) is 118 cm³/mol. The van der Waals surface area contributed by atoms with Gasteiger partial charge in [0.15, 0.2) is 5.58 Å². The minimum atomic E-state index is -3.68. The molecule has 5 nitrogen and oxygen atoms in total. The molecular formula is C24H22N2O3S. The number of nitrogens with zero attached hydrogens (tertiary/aromatic N) is 2. The summed E-state index contributed by atoms with van der Waals surface area (Å²) in [7, 11) is -3.68. The van der Waals surface area contributed by atoms with Gasteiger partial charge in [-0.2, -0.15) is 0 Å². The maximum absolute atomic E-state index is 13.4. The van der Waals surface area contributed by atoms with Crippen LogP contribution in [0.4, 0.5) is 5.69 Å². The number of aromatic nitrogens is 1. The molecule has 1 aromatic heterocycles. The standard InChI is InChI=1S/C24H22N2O3S/c1-16-9-11-18(12-10-16)30(27,28)26-15-24(2,3)19-13-20-22(14-21(19)26)29-23(25-20)17-7-5-4-6-8-17/h4-14H,15H2,1-3H3. The van der Waals surface area contributed by atoms with Crippen LogP contribution in [-0.2, 0) is 15.4 Å². The highest BCUT2D eigenvalue weighted by Gasteiger charge is 2.42. The fourth-order valence-corrected chi connectivity index (χ4v) is 5.63. The average molecular weight is 419 g/mol. The molecule has 0 bridgehead atoms. The van der Waals surface area contributed by atoms with Crippen LogP contribution < -0.4 is 4.31 Å². The number of hydrogen-bond donors (Lipinski definition) is 0. The SMILES string of the molecule is Cc1ccc(S(=O)(=O)N2CC(C)(C)c3cc4nc(-c5ccccc5)oc4cc32)cc1. The van der Waals surface area contributed by atoms with E-state index in [0.29, 0.717) is 28.6 Å². The number of rotatable bonds is 3. The zero-order valence-corrected chi connectivity index (χ0v) is 17.9. The van der Waals surface area contributed by atoms with E-state index in [2.05, 4.69) is 18.8 Å². The summed E-state index contributed by atoms with van der Waals surface area (Å²) in [5.74, 6) is 0.528.